The summed E-state index contributed by atoms with van der Waals surface area (Å²) in [4.78, 5) is 17.7. The number of amides is 1. The number of guanidine groups is 2. The Morgan fingerprint density at radius 1 is 0.892 bits per heavy atom. The van der Waals surface area contributed by atoms with Crippen LogP contribution in [-0.4, -0.2) is 66.9 Å². The van der Waals surface area contributed by atoms with Crippen molar-refractivity contribution in [1.29, 1.82) is 10.8 Å². The molecule has 0 atom stereocenters. The third-order valence-corrected chi connectivity index (χ3v) is 6.59. The van der Waals surface area contributed by atoms with Gasteiger partial charge in [-0.25, -0.2) is 0 Å². The van der Waals surface area contributed by atoms with Crippen molar-refractivity contribution >= 4 is 34.8 Å². The third-order valence-electron chi connectivity index (χ3n) is 6.59. The second kappa shape index (κ2) is 10.4. The Morgan fingerprint density at radius 2 is 1.54 bits per heavy atom. The molecule has 196 valence electrons. The summed E-state index contributed by atoms with van der Waals surface area (Å²) in [7, 11) is 0. The lowest BCUT2D eigenvalue weighted by Gasteiger charge is -2.37. The van der Waals surface area contributed by atoms with Crippen LogP contribution in [0.25, 0.3) is 5.57 Å². The van der Waals surface area contributed by atoms with Crippen LogP contribution < -0.4 is 21.7 Å². The van der Waals surface area contributed by atoms with Crippen LogP contribution in [0.2, 0.25) is 0 Å². The van der Waals surface area contributed by atoms with Crippen molar-refractivity contribution in [3.8, 4) is 0 Å². The molecule has 2 aliphatic heterocycles. The summed E-state index contributed by atoms with van der Waals surface area (Å²) in [5.74, 6) is -0.584. The number of piperazine rings is 1. The zero-order chi connectivity index (χ0) is 26.7. The standard InChI is InChI=1S/C25H29F3N8O/c26-25(27,28)20-15-19(5-6-21(20)34-11-13-36(14-12-34)24(31)32)33-22(37)18-3-1-16(2-4-18)17-7-9-35(10-8-17)23(29)30/h1-7,15H,8-14H2,(H3,29,30)(H3,31,32)(H,33,37). The second-order valence-corrected chi connectivity index (χ2v) is 8.93. The quantitative estimate of drug-likeness (QED) is 0.314. The van der Waals surface area contributed by atoms with Gasteiger partial charge in [0, 0.05) is 56.2 Å². The number of hydrogen-bond acceptors (Lipinski definition) is 4. The Labute approximate surface area is 212 Å². The number of alkyl halides is 3. The number of nitrogens with two attached hydrogens (primary N) is 2. The number of halogens is 3. The van der Waals surface area contributed by atoms with Crippen molar-refractivity contribution < 1.29 is 18.0 Å². The van der Waals surface area contributed by atoms with Crippen LogP contribution in [0.3, 0.4) is 0 Å². The summed E-state index contributed by atoms with van der Waals surface area (Å²) in [6.45, 7) is 2.47. The highest BCUT2D eigenvalue weighted by Gasteiger charge is 2.36. The molecule has 9 nitrogen and oxygen atoms in total. The first-order chi connectivity index (χ1) is 17.5. The maximum absolute atomic E-state index is 13.9. The van der Waals surface area contributed by atoms with Crippen LogP contribution in [0, 0.1) is 10.8 Å². The predicted molar refractivity (Wildman–Crippen MR) is 138 cm³/mol. The van der Waals surface area contributed by atoms with Gasteiger partial charge in [0.1, 0.15) is 0 Å². The maximum Gasteiger partial charge on any atom is 0.418 e. The minimum absolute atomic E-state index is 0.0274. The first kappa shape index (κ1) is 25.9. The molecule has 1 fully saturated rings. The summed E-state index contributed by atoms with van der Waals surface area (Å²) in [5.41, 5.74) is 12.6. The van der Waals surface area contributed by atoms with Crippen LogP contribution in [-0.2, 0) is 6.18 Å². The van der Waals surface area contributed by atoms with E-state index in [1.807, 2.05) is 6.08 Å². The van der Waals surface area contributed by atoms with E-state index in [1.165, 1.54) is 12.1 Å². The molecule has 0 bridgehead atoms. The molecule has 2 heterocycles. The summed E-state index contributed by atoms with van der Waals surface area (Å²) in [6, 6.07) is 10.6. The lowest BCUT2D eigenvalue weighted by atomic mass is 9.98. The number of nitrogens with one attached hydrogen (secondary N) is 3. The van der Waals surface area contributed by atoms with Crippen LogP contribution in [0.1, 0.15) is 27.9 Å². The van der Waals surface area contributed by atoms with Crippen molar-refractivity contribution in [2.75, 3.05) is 49.5 Å². The molecule has 0 unspecified atom stereocenters. The molecule has 7 N–H and O–H groups in total. The van der Waals surface area contributed by atoms with Gasteiger partial charge in [-0.2, -0.15) is 13.2 Å². The van der Waals surface area contributed by atoms with Gasteiger partial charge in [0.15, 0.2) is 11.9 Å². The third kappa shape index (κ3) is 5.96. The average Bonchev–Trinajstić information content (AvgIpc) is 2.88. The van der Waals surface area contributed by atoms with Crippen molar-refractivity contribution in [2.45, 2.75) is 12.6 Å². The Morgan fingerprint density at radius 3 is 2.08 bits per heavy atom. The fraction of sp³-hybridized carbons (Fsp3) is 0.320. The number of carbonyl (C=O) groups excluding carboxylic acids is 1. The Bertz CT molecular complexity index is 1220. The summed E-state index contributed by atoms with van der Waals surface area (Å²) < 4.78 is 41.7. The minimum Gasteiger partial charge on any atom is -0.370 e. The van der Waals surface area contributed by atoms with Crippen LogP contribution in [0.15, 0.2) is 48.5 Å². The fourth-order valence-electron chi connectivity index (χ4n) is 4.49. The monoisotopic (exact) mass is 514 g/mol. The molecule has 1 saturated heterocycles. The smallest absolute Gasteiger partial charge is 0.370 e. The molecule has 2 aromatic rings. The van der Waals surface area contributed by atoms with E-state index in [1.54, 1.807) is 39.0 Å². The molecule has 2 aliphatic rings. The van der Waals surface area contributed by atoms with Crippen molar-refractivity contribution in [2.24, 2.45) is 11.5 Å². The van der Waals surface area contributed by atoms with Gasteiger partial charge in [-0.3, -0.25) is 15.6 Å². The molecule has 1 amide bonds. The van der Waals surface area contributed by atoms with Gasteiger partial charge < -0.3 is 31.5 Å². The van der Waals surface area contributed by atoms with Gasteiger partial charge in [0.2, 0.25) is 0 Å². The van der Waals surface area contributed by atoms with E-state index in [2.05, 4.69) is 5.32 Å². The summed E-state index contributed by atoms with van der Waals surface area (Å²) >= 11 is 0. The van der Waals surface area contributed by atoms with E-state index < -0.39 is 17.6 Å². The first-order valence-corrected chi connectivity index (χ1v) is 11.8. The number of benzene rings is 2. The summed E-state index contributed by atoms with van der Waals surface area (Å²) in [5, 5.41) is 17.6. The molecule has 0 spiro atoms. The van der Waals surface area contributed by atoms with Gasteiger partial charge in [-0.05, 0) is 47.9 Å². The molecule has 0 aromatic heterocycles. The summed E-state index contributed by atoms with van der Waals surface area (Å²) in [6.07, 6.45) is -1.91. The largest absolute Gasteiger partial charge is 0.418 e. The van der Waals surface area contributed by atoms with E-state index >= 15 is 0 Å². The normalized spacial score (nSPS) is 16.3. The number of hydrogen-bond donors (Lipinski definition) is 5. The molecule has 12 heteroatoms. The van der Waals surface area contributed by atoms with E-state index in [-0.39, 0.29) is 23.3 Å². The van der Waals surface area contributed by atoms with Crippen molar-refractivity contribution in [3.05, 3.63) is 65.2 Å². The number of anilines is 2. The predicted octanol–water partition coefficient (Wildman–Crippen LogP) is 2.96. The van der Waals surface area contributed by atoms with Gasteiger partial charge in [-0.1, -0.05) is 18.2 Å². The molecule has 4 rings (SSSR count). The molecule has 0 radical (unpaired) electrons. The maximum atomic E-state index is 13.9. The SMILES string of the molecule is N=C(N)N1CC=C(c2ccc(C(=O)Nc3ccc(N4CCN(C(=N)N)CC4)c(C(F)(F)F)c3)cc2)CC1. The van der Waals surface area contributed by atoms with Crippen LogP contribution in [0.4, 0.5) is 24.5 Å². The minimum atomic E-state index is -4.61. The Hall–Kier alpha value is -4.22. The van der Waals surface area contributed by atoms with Gasteiger partial charge >= 0.3 is 6.18 Å². The van der Waals surface area contributed by atoms with Gasteiger partial charge in [-0.15, -0.1) is 0 Å². The Kier molecular flexibility index (Phi) is 7.28. The zero-order valence-electron chi connectivity index (χ0n) is 20.1. The molecular formula is C25H29F3N8O. The topological polar surface area (TPSA) is 139 Å². The highest BCUT2D eigenvalue weighted by Crippen LogP contribution is 2.38. The molecule has 0 saturated carbocycles. The molecule has 37 heavy (non-hydrogen) atoms. The van der Waals surface area contributed by atoms with Gasteiger partial charge in [0.25, 0.3) is 5.91 Å². The zero-order valence-corrected chi connectivity index (χ0v) is 20.1. The molecule has 0 aliphatic carbocycles. The van der Waals surface area contributed by atoms with Crippen LogP contribution >= 0.6 is 0 Å². The lowest BCUT2D eigenvalue weighted by molar-refractivity contribution is -0.137. The average molecular weight is 515 g/mol. The highest BCUT2D eigenvalue weighted by atomic mass is 19.4. The number of carbonyl (C=O) groups is 1. The molecule has 2 aromatic carbocycles. The van der Waals surface area contributed by atoms with Crippen molar-refractivity contribution in [3.63, 3.8) is 0 Å². The fourth-order valence-corrected chi connectivity index (χ4v) is 4.49. The van der Waals surface area contributed by atoms with E-state index in [0.29, 0.717) is 51.3 Å². The Balaban J connectivity index is 1.46. The lowest BCUT2D eigenvalue weighted by Crippen LogP contribution is -2.51. The second-order valence-electron chi connectivity index (χ2n) is 8.93. The van der Waals surface area contributed by atoms with E-state index in [4.69, 9.17) is 22.3 Å². The van der Waals surface area contributed by atoms with Crippen LogP contribution in [0.5, 0.6) is 0 Å². The van der Waals surface area contributed by atoms with E-state index in [0.717, 1.165) is 17.2 Å². The highest BCUT2D eigenvalue weighted by molar-refractivity contribution is 6.04. The van der Waals surface area contributed by atoms with E-state index in [9.17, 15) is 18.0 Å². The number of nitrogens with zero attached hydrogens (tertiary/aromatic N) is 3. The molecular weight excluding hydrogens is 485 g/mol. The van der Waals surface area contributed by atoms with Crippen molar-refractivity contribution in [1.82, 2.24) is 9.80 Å². The van der Waals surface area contributed by atoms with Gasteiger partial charge in [0.05, 0.1) is 5.56 Å². The number of rotatable bonds is 4. The first-order valence-electron chi connectivity index (χ1n) is 11.8.